The Labute approximate surface area is 131 Å². The monoisotopic (exact) mass is 339 g/mol. The molecule has 3 N–H and O–H groups in total. The second kappa shape index (κ2) is 5.27. The molecular formula is C13H13N3O4S2. The molecule has 1 aliphatic heterocycles. The number of aliphatic hydroxyl groups is 2. The first kappa shape index (κ1) is 14.8. The summed E-state index contributed by atoms with van der Waals surface area (Å²) in [6.45, 7) is 0. The quantitative estimate of drug-likeness (QED) is 0.719. The van der Waals surface area contributed by atoms with Gasteiger partial charge in [-0.05, 0) is 23.6 Å². The molecule has 9 heteroatoms. The second-order valence-corrected chi connectivity index (χ2v) is 7.48. The number of rotatable bonds is 2. The Kier molecular flexibility index (Phi) is 3.55. The zero-order valence-electron chi connectivity index (χ0n) is 11.5. The van der Waals surface area contributed by atoms with Crippen molar-refractivity contribution in [3.63, 3.8) is 0 Å². The number of nitrogens with one attached hydrogen (secondary N) is 1. The molecule has 0 amide bonds. The lowest BCUT2D eigenvalue weighted by Gasteiger charge is -2.31. The predicted molar refractivity (Wildman–Crippen MR) is 81.7 cm³/mol. The molecule has 3 rings (SSSR count). The van der Waals surface area contributed by atoms with Crippen molar-refractivity contribution in [2.75, 3.05) is 12.4 Å². The summed E-state index contributed by atoms with van der Waals surface area (Å²) >= 11 is 1.12. The molecule has 3 heterocycles. The minimum Gasteiger partial charge on any atom is -0.493 e. The number of anilines is 1. The van der Waals surface area contributed by atoms with Crippen LogP contribution < -0.4 is 5.32 Å². The van der Waals surface area contributed by atoms with Crippen molar-refractivity contribution in [1.29, 1.82) is 0 Å². The Morgan fingerprint density at radius 3 is 2.86 bits per heavy atom. The van der Waals surface area contributed by atoms with E-state index in [-0.39, 0.29) is 15.5 Å². The third-order valence-electron chi connectivity index (χ3n) is 3.30. The van der Waals surface area contributed by atoms with Gasteiger partial charge < -0.3 is 15.5 Å². The van der Waals surface area contributed by atoms with Crippen molar-refractivity contribution in [1.82, 2.24) is 9.29 Å². The summed E-state index contributed by atoms with van der Waals surface area (Å²) in [5, 5.41) is 24.8. The van der Waals surface area contributed by atoms with Gasteiger partial charge in [-0.25, -0.2) is 13.4 Å². The lowest BCUT2D eigenvalue weighted by molar-refractivity contribution is 0.179. The van der Waals surface area contributed by atoms with Gasteiger partial charge in [0.15, 0.2) is 0 Å². The molecule has 0 aromatic carbocycles. The third-order valence-corrected chi connectivity index (χ3v) is 6.22. The fourth-order valence-electron chi connectivity index (χ4n) is 2.20. The van der Waals surface area contributed by atoms with Crippen molar-refractivity contribution < 1.29 is 18.6 Å². The molecule has 2 aromatic rings. The van der Waals surface area contributed by atoms with E-state index in [4.69, 9.17) is 0 Å². The normalized spacial score (nSPS) is 22.1. The van der Waals surface area contributed by atoms with Crippen LogP contribution in [-0.4, -0.2) is 35.0 Å². The molecule has 0 spiro atoms. The van der Waals surface area contributed by atoms with Crippen LogP contribution in [0.2, 0.25) is 0 Å². The summed E-state index contributed by atoms with van der Waals surface area (Å²) < 4.78 is 25.7. The van der Waals surface area contributed by atoms with Crippen molar-refractivity contribution in [3.8, 4) is 0 Å². The molecule has 0 radical (unpaired) electrons. The molecule has 0 bridgehead atoms. The maximum Gasteiger partial charge on any atom is 0.265 e. The Morgan fingerprint density at radius 1 is 1.41 bits per heavy atom. The van der Waals surface area contributed by atoms with Gasteiger partial charge in [0.2, 0.25) is 5.88 Å². The van der Waals surface area contributed by atoms with Gasteiger partial charge in [0, 0.05) is 13.2 Å². The topological polar surface area (TPSA) is 103 Å². The van der Waals surface area contributed by atoms with Gasteiger partial charge in [-0.3, -0.25) is 4.31 Å². The molecule has 1 unspecified atom stereocenters. The van der Waals surface area contributed by atoms with E-state index in [9.17, 15) is 18.6 Å². The van der Waals surface area contributed by atoms with Crippen molar-refractivity contribution >= 4 is 27.2 Å². The molecule has 0 saturated heterocycles. The highest BCUT2D eigenvalue weighted by Gasteiger charge is 2.40. The first-order chi connectivity index (χ1) is 10.4. The Hall–Kier alpha value is -2.10. The maximum atomic E-state index is 12.4. The predicted octanol–water partition coefficient (Wildman–Crippen LogP) is 1.65. The van der Waals surface area contributed by atoms with Gasteiger partial charge in [-0.2, -0.15) is 0 Å². The summed E-state index contributed by atoms with van der Waals surface area (Å²) in [5.74, 6) is -0.126. The summed E-state index contributed by atoms with van der Waals surface area (Å²) in [5.41, 5.74) is -0.138. The average molecular weight is 339 g/mol. The Bertz CT molecular complexity index is 830. The maximum absolute atomic E-state index is 12.4. The minimum atomic E-state index is -3.79. The van der Waals surface area contributed by atoms with Gasteiger partial charge in [0.25, 0.3) is 10.0 Å². The SMILES string of the molecule is CN1/C(=C(\O)Nc2ccccn2)C(O)c2sccc2S1(=O)=O. The lowest BCUT2D eigenvalue weighted by Crippen LogP contribution is -2.36. The molecule has 22 heavy (non-hydrogen) atoms. The molecule has 1 atom stereocenters. The van der Waals surface area contributed by atoms with Crippen molar-refractivity contribution in [2.24, 2.45) is 0 Å². The largest absolute Gasteiger partial charge is 0.493 e. The van der Waals surface area contributed by atoms with E-state index in [0.29, 0.717) is 5.82 Å². The molecule has 1 aliphatic rings. The van der Waals surface area contributed by atoms with E-state index >= 15 is 0 Å². The van der Waals surface area contributed by atoms with Crippen LogP contribution >= 0.6 is 11.3 Å². The number of hydrogen-bond donors (Lipinski definition) is 3. The number of thiophene rings is 1. The Morgan fingerprint density at radius 2 is 2.18 bits per heavy atom. The number of pyridine rings is 1. The van der Waals surface area contributed by atoms with Crippen LogP contribution in [0.4, 0.5) is 5.82 Å². The highest BCUT2D eigenvalue weighted by atomic mass is 32.2. The molecule has 116 valence electrons. The van der Waals surface area contributed by atoms with Crippen LogP contribution in [0.15, 0.2) is 52.3 Å². The fourth-order valence-corrected chi connectivity index (χ4v) is 4.86. The van der Waals surface area contributed by atoms with Crippen LogP contribution in [-0.2, 0) is 10.0 Å². The number of nitrogens with zero attached hydrogens (tertiary/aromatic N) is 2. The van der Waals surface area contributed by atoms with Gasteiger partial charge in [-0.1, -0.05) is 6.07 Å². The first-order valence-electron chi connectivity index (χ1n) is 6.28. The Balaban J connectivity index is 2.09. The second-order valence-electron chi connectivity index (χ2n) is 4.60. The van der Waals surface area contributed by atoms with E-state index in [2.05, 4.69) is 10.3 Å². The molecule has 2 aromatic heterocycles. The summed E-state index contributed by atoms with van der Waals surface area (Å²) in [6, 6.07) is 6.47. The van der Waals surface area contributed by atoms with Crippen LogP contribution in [0, 0.1) is 0 Å². The number of likely N-dealkylation sites (N-methyl/N-ethyl adjacent to an activating group) is 1. The van der Waals surface area contributed by atoms with Gasteiger partial charge in [0.1, 0.15) is 22.5 Å². The number of sulfonamides is 1. The molecule has 0 fully saturated rings. The van der Waals surface area contributed by atoms with Crippen LogP contribution in [0.5, 0.6) is 0 Å². The van der Waals surface area contributed by atoms with E-state index in [1.807, 2.05) is 0 Å². The van der Waals surface area contributed by atoms with E-state index in [1.165, 1.54) is 19.3 Å². The van der Waals surface area contributed by atoms with Crippen LogP contribution in [0.1, 0.15) is 11.0 Å². The zero-order chi connectivity index (χ0) is 15.9. The number of fused-ring (bicyclic) bond motifs is 1. The smallest absolute Gasteiger partial charge is 0.265 e. The highest BCUT2D eigenvalue weighted by molar-refractivity contribution is 7.89. The zero-order valence-corrected chi connectivity index (χ0v) is 13.1. The van der Waals surface area contributed by atoms with Crippen molar-refractivity contribution in [3.05, 3.63) is 52.3 Å². The summed E-state index contributed by atoms with van der Waals surface area (Å²) in [7, 11) is -2.51. The molecular weight excluding hydrogens is 326 g/mol. The lowest BCUT2D eigenvalue weighted by atomic mass is 10.2. The highest BCUT2D eigenvalue weighted by Crippen LogP contribution is 2.41. The fraction of sp³-hybridized carbons (Fsp3) is 0.154. The van der Waals surface area contributed by atoms with E-state index < -0.39 is 22.0 Å². The van der Waals surface area contributed by atoms with Crippen molar-refractivity contribution in [2.45, 2.75) is 11.0 Å². The average Bonchev–Trinajstić information content (AvgIpc) is 2.97. The summed E-state index contributed by atoms with van der Waals surface area (Å²) in [6.07, 6.45) is 0.287. The standard InChI is InChI=1S/C13H13N3O4S2/c1-16-10(13(18)15-9-4-2-3-6-14-9)11(17)12-8(5-7-21-12)22(16,19)20/h2-7,11,17-18H,1H3,(H,14,15)/b13-10-. The van der Waals surface area contributed by atoms with E-state index in [1.54, 1.807) is 23.6 Å². The number of aromatic nitrogens is 1. The van der Waals surface area contributed by atoms with Gasteiger partial charge in [-0.15, -0.1) is 11.3 Å². The van der Waals surface area contributed by atoms with Crippen LogP contribution in [0.25, 0.3) is 0 Å². The summed E-state index contributed by atoms with van der Waals surface area (Å²) in [4.78, 5) is 4.32. The first-order valence-corrected chi connectivity index (χ1v) is 8.60. The minimum absolute atomic E-state index is 0.0573. The molecule has 0 aliphatic carbocycles. The number of aliphatic hydroxyl groups excluding tert-OH is 2. The van der Waals surface area contributed by atoms with Gasteiger partial charge >= 0.3 is 0 Å². The van der Waals surface area contributed by atoms with Crippen LogP contribution in [0.3, 0.4) is 0 Å². The van der Waals surface area contributed by atoms with Gasteiger partial charge in [0.05, 0.1) is 4.88 Å². The molecule has 7 nitrogen and oxygen atoms in total. The van der Waals surface area contributed by atoms with E-state index in [0.717, 1.165) is 15.6 Å². The molecule has 0 saturated carbocycles. The number of hydrogen-bond acceptors (Lipinski definition) is 7. The third kappa shape index (κ3) is 2.23.